The molecule has 1 N–H and O–H groups in total. The second-order valence-corrected chi connectivity index (χ2v) is 6.72. The van der Waals surface area contributed by atoms with Crippen molar-refractivity contribution in [3.63, 3.8) is 0 Å². The molecule has 1 saturated heterocycles. The van der Waals surface area contributed by atoms with Gasteiger partial charge in [-0.25, -0.2) is 0 Å². The summed E-state index contributed by atoms with van der Waals surface area (Å²) in [5.41, 5.74) is 0.615. The molecule has 0 aliphatic carbocycles. The highest BCUT2D eigenvalue weighted by atomic mass is 35.5. The van der Waals surface area contributed by atoms with E-state index in [0.29, 0.717) is 17.1 Å². The Morgan fingerprint density at radius 2 is 1.89 bits per heavy atom. The number of hydrogen-bond donors (Lipinski definition) is 1. The Morgan fingerprint density at radius 3 is 2.56 bits per heavy atom. The van der Waals surface area contributed by atoms with Gasteiger partial charge in [0.15, 0.2) is 12.5 Å². The molecule has 1 aliphatic heterocycles. The molecule has 144 valence electrons. The molecule has 0 saturated carbocycles. The Bertz CT molecular complexity index is 718. The first kappa shape index (κ1) is 21.2. The molecule has 0 spiro atoms. The summed E-state index contributed by atoms with van der Waals surface area (Å²) in [6.45, 7) is 2.69. The number of nitrogens with one attached hydrogen (secondary N) is 1. The molecule has 2 aromatic rings. The summed E-state index contributed by atoms with van der Waals surface area (Å²) < 4.78 is 7.83. The highest BCUT2D eigenvalue weighted by molar-refractivity contribution is 7.44. The summed E-state index contributed by atoms with van der Waals surface area (Å²) in [6.07, 6.45) is 6.41. The molecule has 0 bridgehead atoms. The fourth-order valence-electron chi connectivity index (χ4n) is 3.05. The molecule has 2 atom stereocenters. The van der Waals surface area contributed by atoms with Crippen molar-refractivity contribution in [2.75, 3.05) is 6.54 Å². The molecule has 8 heteroatoms. The summed E-state index contributed by atoms with van der Waals surface area (Å²) in [6, 6.07) is 11.2. The number of aromatic nitrogens is 1. The van der Waals surface area contributed by atoms with E-state index in [0.717, 1.165) is 25.0 Å². The fraction of sp³-hybridized carbons (Fsp3) is 0.368. The van der Waals surface area contributed by atoms with E-state index in [1.807, 2.05) is 29.3 Å². The van der Waals surface area contributed by atoms with E-state index in [9.17, 15) is 4.79 Å². The minimum Gasteiger partial charge on any atom is -0.405 e. The first-order valence-electron chi connectivity index (χ1n) is 8.70. The number of piperidine rings is 1. The van der Waals surface area contributed by atoms with Crippen LogP contribution in [0.1, 0.15) is 36.5 Å². The van der Waals surface area contributed by atoms with Gasteiger partial charge in [0.25, 0.3) is 5.91 Å². The summed E-state index contributed by atoms with van der Waals surface area (Å²) in [5.74, 6) is 0.663. The van der Waals surface area contributed by atoms with Gasteiger partial charge in [-0.05, 0) is 56.2 Å². The van der Waals surface area contributed by atoms with Crippen LogP contribution in [0.25, 0.3) is 0 Å². The molecule has 27 heavy (non-hydrogen) atoms. The quantitative estimate of drug-likeness (QED) is 0.819. The van der Waals surface area contributed by atoms with Crippen LogP contribution in [-0.2, 0) is 12.5 Å². The van der Waals surface area contributed by atoms with E-state index in [1.54, 1.807) is 24.5 Å². The van der Waals surface area contributed by atoms with Gasteiger partial charge in [-0.15, -0.1) is 5.06 Å². The minimum absolute atomic E-state index is 0.0907. The minimum atomic E-state index is -0.0907. The smallest absolute Gasteiger partial charge is 0.251 e. The number of amides is 1. The SMILES string of the molecule is C[C@@H]1CCC[C@H](CNC(=O)c2ccncc2)N1Oc1ccc(Cl)cc1.O=S. The van der Waals surface area contributed by atoms with Crippen LogP contribution in [0.15, 0.2) is 48.8 Å². The van der Waals surface area contributed by atoms with Gasteiger partial charge in [-0.3, -0.25) is 9.78 Å². The van der Waals surface area contributed by atoms with Gasteiger partial charge < -0.3 is 10.2 Å². The molecule has 1 aliphatic rings. The van der Waals surface area contributed by atoms with E-state index in [4.69, 9.17) is 20.6 Å². The lowest BCUT2D eigenvalue weighted by Gasteiger charge is -2.39. The topological polar surface area (TPSA) is 71.5 Å². The first-order valence-corrected chi connectivity index (χ1v) is 9.41. The van der Waals surface area contributed by atoms with Gasteiger partial charge in [-0.2, -0.15) is 4.21 Å². The second-order valence-electron chi connectivity index (χ2n) is 6.28. The Morgan fingerprint density at radius 1 is 1.22 bits per heavy atom. The standard InChI is InChI=1S/C19H22ClN3O2.OS/c1-14-3-2-4-17(13-22-19(24)15-9-11-21-12-10-15)23(14)25-18-7-5-16(20)6-8-18;1-2/h5-12,14,17H,2-4,13H2,1H3,(H,22,24);/t14-,17-;/m1./s1. The van der Waals surface area contributed by atoms with E-state index < -0.39 is 0 Å². The maximum absolute atomic E-state index is 12.3. The van der Waals surface area contributed by atoms with Crippen molar-refractivity contribution in [1.82, 2.24) is 15.4 Å². The highest BCUT2D eigenvalue weighted by Gasteiger charge is 2.30. The maximum Gasteiger partial charge on any atom is 0.251 e. The fourth-order valence-corrected chi connectivity index (χ4v) is 3.18. The Hall–Kier alpha value is -2.09. The number of hydroxylamine groups is 2. The van der Waals surface area contributed by atoms with Gasteiger partial charge >= 0.3 is 0 Å². The average molecular weight is 408 g/mol. The van der Waals surface area contributed by atoms with Crippen molar-refractivity contribution < 1.29 is 13.8 Å². The zero-order valence-corrected chi connectivity index (χ0v) is 16.6. The Balaban J connectivity index is 0.00000126. The number of carbonyl (C=O) groups is 1. The van der Waals surface area contributed by atoms with Crippen LogP contribution in [0.2, 0.25) is 5.02 Å². The van der Waals surface area contributed by atoms with E-state index in [2.05, 4.69) is 29.8 Å². The number of halogens is 1. The second kappa shape index (κ2) is 10.9. The van der Waals surface area contributed by atoms with Gasteiger partial charge in [0.05, 0.1) is 6.04 Å². The highest BCUT2D eigenvalue weighted by Crippen LogP contribution is 2.25. The third kappa shape index (κ3) is 6.23. The first-order chi connectivity index (χ1) is 13.1. The third-order valence-electron chi connectivity index (χ3n) is 4.42. The van der Waals surface area contributed by atoms with Crippen molar-refractivity contribution in [3.05, 3.63) is 59.4 Å². The molecule has 0 unspecified atom stereocenters. The van der Waals surface area contributed by atoms with Crippen molar-refractivity contribution in [1.29, 1.82) is 0 Å². The van der Waals surface area contributed by atoms with Gasteiger partial charge in [-0.1, -0.05) is 18.0 Å². The van der Waals surface area contributed by atoms with Crippen molar-refractivity contribution >= 4 is 30.0 Å². The van der Waals surface area contributed by atoms with Crippen LogP contribution >= 0.6 is 11.6 Å². The lowest BCUT2D eigenvalue weighted by Crippen LogP contribution is -2.52. The number of benzene rings is 1. The molecule has 6 nitrogen and oxygen atoms in total. The van der Waals surface area contributed by atoms with Crippen LogP contribution in [0, 0.1) is 0 Å². The number of carbonyl (C=O) groups excluding carboxylic acids is 1. The number of nitrogens with zero attached hydrogens (tertiary/aromatic N) is 2. The van der Waals surface area contributed by atoms with Crippen molar-refractivity contribution in [2.24, 2.45) is 0 Å². The molecule has 3 rings (SSSR count). The van der Waals surface area contributed by atoms with Crippen LogP contribution in [0.4, 0.5) is 0 Å². The van der Waals surface area contributed by atoms with E-state index in [-0.39, 0.29) is 18.0 Å². The van der Waals surface area contributed by atoms with Crippen LogP contribution in [0.5, 0.6) is 5.75 Å². The van der Waals surface area contributed by atoms with Crippen molar-refractivity contribution in [2.45, 2.75) is 38.3 Å². The lowest BCUT2D eigenvalue weighted by molar-refractivity contribution is -0.142. The zero-order valence-electron chi connectivity index (χ0n) is 15.0. The Kier molecular flexibility index (Phi) is 8.57. The number of pyridine rings is 1. The molecular weight excluding hydrogens is 386 g/mol. The molecule has 0 radical (unpaired) electrons. The van der Waals surface area contributed by atoms with Crippen molar-refractivity contribution in [3.8, 4) is 5.75 Å². The summed E-state index contributed by atoms with van der Waals surface area (Å²) in [7, 11) is 0. The van der Waals surface area contributed by atoms with Crippen LogP contribution < -0.4 is 10.2 Å². The maximum atomic E-state index is 12.3. The lowest BCUT2D eigenvalue weighted by atomic mass is 9.99. The molecule has 1 aromatic heterocycles. The Labute approximate surface area is 169 Å². The van der Waals surface area contributed by atoms with E-state index >= 15 is 0 Å². The van der Waals surface area contributed by atoms with Gasteiger partial charge in [0, 0.05) is 35.6 Å². The number of rotatable bonds is 5. The summed E-state index contributed by atoms with van der Waals surface area (Å²) in [4.78, 5) is 22.3. The normalized spacial score (nSPS) is 19.5. The molecular formula is C19H22ClN3O3S. The third-order valence-corrected chi connectivity index (χ3v) is 4.67. The molecule has 1 amide bonds. The summed E-state index contributed by atoms with van der Waals surface area (Å²) >= 11 is 8.77. The van der Waals surface area contributed by atoms with Crippen LogP contribution in [0.3, 0.4) is 0 Å². The monoisotopic (exact) mass is 407 g/mol. The zero-order chi connectivity index (χ0) is 19.6. The number of hydrogen-bond acceptors (Lipinski definition) is 6. The van der Waals surface area contributed by atoms with E-state index in [1.165, 1.54) is 0 Å². The predicted molar refractivity (Wildman–Crippen MR) is 106 cm³/mol. The molecule has 2 heterocycles. The van der Waals surface area contributed by atoms with Gasteiger partial charge in [0.1, 0.15) is 5.75 Å². The summed E-state index contributed by atoms with van der Waals surface area (Å²) in [5, 5.41) is 5.68. The predicted octanol–water partition coefficient (Wildman–Crippen LogP) is 3.37. The largest absolute Gasteiger partial charge is 0.405 e. The van der Waals surface area contributed by atoms with Crippen LogP contribution in [-0.4, -0.2) is 38.8 Å². The molecule has 1 fully saturated rings. The molecule has 1 aromatic carbocycles. The average Bonchev–Trinajstić information content (AvgIpc) is 2.72. The van der Waals surface area contributed by atoms with Gasteiger partial charge in [0.2, 0.25) is 0 Å².